The Bertz CT molecular complexity index is 232. The molecule has 1 heterocycles. The molecular formula is C8H17N5. The molecule has 0 aliphatic carbocycles. The van der Waals surface area contributed by atoms with Gasteiger partial charge in [0.25, 0.3) is 0 Å². The average molecular weight is 183 g/mol. The highest BCUT2D eigenvalue weighted by Gasteiger charge is 1.96. The fourth-order valence-corrected chi connectivity index (χ4v) is 1.05. The second-order valence-electron chi connectivity index (χ2n) is 2.98. The molecule has 3 N–H and O–H groups in total. The molecule has 1 rings (SSSR count). The zero-order valence-corrected chi connectivity index (χ0v) is 8.03. The van der Waals surface area contributed by atoms with Crippen molar-refractivity contribution in [3.8, 4) is 0 Å². The lowest BCUT2D eigenvalue weighted by molar-refractivity contribution is 0.637. The number of nitrogens with one attached hydrogen (secondary N) is 1. The van der Waals surface area contributed by atoms with E-state index in [1.165, 1.54) is 0 Å². The molecule has 0 spiro atoms. The van der Waals surface area contributed by atoms with Crippen molar-refractivity contribution >= 4 is 0 Å². The summed E-state index contributed by atoms with van der Waals surface area (Å²) >= 11 is 0. The molecule has 0 fully saturated rings. The Kier molecular flexibility index (Phi) is 4.42. The zero-order chi connectivity index (χ0) is 9.52. The first kappa shape index (κ1) is 10.1. The summed E-state index contributed by atoms with van der Waals surface area (Å²) in [6.07, 6.45) is 3.62. The Morgan fingerprint density at radius 3 is 3.00 bits per heavy atom. The van der Waals surface area contributed by atoms with Gasteiger partial charge in [-0.2, -0.15) is 5.10 Å². The third kappa shape index (κ3) is 4.00. The molecule has 0 saturated carbocycles. The quantitative estimate of drug-likeness (QED) is 0.572. The molecule has 0 aliphatic rings. The van der Waals surface area contributed by atoms with Crippen LogP contribution in [0.25, 0.3) is 0 Å². The molecule has 13 heavy (non-hydrogen) atoms. The van der Waals surface area contributed by atoms with Crippen LogP contribution >= 0.6 is 0 Å². The molecule has 0 bridgehead atoms. The lowest BCUT2D eigenvalue weighted by atomic mass is 10.4. The molecule has 0 radical (unpaired) electrons. The highest BCUT2D eigenvalue weighted by atomic mass is 15.3. The minimum atomic E-state index is 0.745. The second-order valence-corrected chi connectivity index (χ2v) is 2.98. The Balaban J connectivity index is 2.06. The Morgan fingerprint density at radius 2 is 2.38 bits per heavy atom. The number of aromatic nitrogens is 3. The van der Waals surface area contributed by atoms with Crippen molar-refractivity contribution in [2.45, 2.75) is 12.8 Å². The van der Waals surface area contributed by atoms with Gasteiger partial charge in [-0.25, -0.2) is 4.98 Å². The monoisotopic (exact) mass is 183 g/mol. The second kappa shape index (κ2) is 5.66. The molecule has 0 saturated heterocycles. The minimum Gasteiger partial charge on any atom is -0.330 e. The van der Waals surface area contributed by atoms with Crippen LogP contribution in [-0.4, -0.2) is 34.4 Å². The van der Waals surface area contributed by atoms with E-state index < -0.39 is 0 Å². The summed E-state index contributed by atoms with van der Waals surface area (Å²) in [5, 5.41) is 7.44. The predicted octanol–water partition coefficient (Wildman–Crippen LogP) is -0.704. The van der Waals surface area contributed by atoms with Gasteiger partial charge in [0.2, 0.25) is 0 Å². The van der Waals surface area contributed by atoms with Gasteiger partial charge < -0.3 is 11.1 Å². The van der Waals surface area contributed by atoms with Crippen LogP contribution in [0.2, 0.25) is 0 Å². The summed E-state index contributed by atoms with van der Waals surface area (Å²) in [6, 6.07) is 0. The molecule has 0 amide bonds. The summed E-state index contributed by atoms with van der Waals surface area (Å²) in [7, 11) is 1.87. The molecule has 0 atom stereocenters. The van der Waals surface area contributed by atoms with Gasteiger partial charge in [-0.1, -0.05) is 0 Å². The fraction of sp³-hybridized carbons (Fsp3) is 0.750. The maximum atomic E-state index is 5.36. The Labute approximate surface area is 78.3 Å². The SMILES string of the molecule is Cn1cnc(CCNCCCN)n1. The maximum Gasteiger partial charge on any atom is 0.151 e. The van der Waals surface area contributed by atoms with Crippen LogP contribution in [-0.2, 0) is 13.5 Å². The molecule has 1 aromatic rings. The van der Waals surface area contributed by atoms with Gasteiger partial charge in [0, 0.05) is 20.0 Å². The van der Waals surface area contributed by atoms with Gasteiger partial charge in [0.05, 0.1) is 0 Å². The van der Waals surface area contributed by atoms with Crippen LogP contribution in [0.5, 0.6) is 0 Å². The molecule has 74 valence electrons. The Morgan fingerprint density at radius 1 is 1.54 bits per heavy atom. The van der Waals surface area contributed by atoms with Crippen molar-refractivity contribution in [2.75, 3.05) is 19.6 Å². The third-order valence-electron chi connectivity index (χ3n) is 1.73. The molecule has 1 aromatic heterocycles. The number of nitrogens with zero attached hydrogens (tertiary/aromatic N) is 3. The van der Waals surface area contributed by atoms with Crippen molar-refractivity contribution in [3.05, 3.63) is 12.2 Å². The van der Waals surface area contributed by atoms with E-state index in [2.05, 4.69) is 15.4 Å². The third-order valence-corrected chi connectivity index (χ3v) is 1.73. The zero-order valence-electron chi connectivity index (χ0n) is 8.03. The number of hydrogen-bond donors (Lipinski definition) is 2. The first-order valence-electron chi connectivity index (χ1n) is 4.58. The molecule has 5 heteroatoms. The number of aryl methyl sites for hydroxylation is 1. The van der Waals surface area contributed by atoms with Gasteiger partial charge in [-0.15, -0.1) is 0 Å². The highest BCUT2D eigenvalue weighted by Crippen LogP contribution is 1.87. The fourth-order valence-electron chi connectivity index (χ4n) is 1.05. The minimum absolute atomic E-state index is 0.745. The van der Waals surface area contributed by atoms with E-state index in [1.54, 1.807) is 11.0 Å². The smallest absolute Gasteiger partial charge is 0.151 e. The lowest BCUT2D eigenvalue weighted by Crippen LogP contribution is -2.21. The summed E-state index contributed by atoms with van der Waals surface area (Å²) in [5.74, 6) is 0.891. The number of hydrogen-bond acceptors (Lipinski definition) is 4. The highest BCUT2D eigenvalue weighted by molar-refractivity contribution is 4.81. The maximum absolute atomic E-state index is 5.36. The van der Waals surface area contributed by atoms with Crippen molar-refractivity contribution in [2.24, 2.45) is 12.8 Å². The van der Waals surface area contributed by atoms with Crippen molar-refractivity contribution < 1.29 is 0 Å². The van der Waals surface area contributed by atoms with Gasteiger partial charge in [0.15, 0.2) is 5.82 Å². The van der Waals surface area contributed by atoms with Gasteiger partial charge in [-0.3, -0.25) is 4.68 Å². The summed E-state index contributed by atoms with van der Waals surface area (Å²) in [5.41, 5.74) is 5.36. The van der Waals surface area contributed by atoms with E-state index in [4.69, 9.17) is 5.73 Å². The van der Waals surface area contributed by atoms with Gasteiger partial charge >= 0.3 is 0 Å². The van der Waals surface area contributed by atoms with E-state index in [0.717, 1.165) is 38.3 Å². The Hall–Kier alpha value is -0.940. The topological polar surface area (TPSA) is 68.8 Å². The van der Waals surface area contributed by atoms with Crippen LogP contribution in [0.4, 0.5) is 0 Å². The molecule has 0 aromatic carbocycles. The van der Waals surface area contributed by atoms with Crippen LogP contribution < -0.4 is 11.1 Å². The van der Waals surface area contributed by atoms with Crippen LogP contribution in [0.3, 0.4) is 0 Å². The van der Waals surface area contributed by atoms with E-state index in [-0.39, 0.29) is 0 Å². The molecule has 0 unspecified atom stereocenters. The van der Waals surface area contributed by atoms with E-state index >= 15 is 0 Å². The lowest BCUT2D eigenvalue weighted by Gasteiger charge is -2.00. The van der Waals surface area contributed by atoms with Crippen molar-refractivity contribution in [3.63, 3.8) is 0 Å². The number of rotatable bonds is 6. The van der Waals surface area contributed by atoms with Crippen molar-refractivity contribution in [1.29, 1.82) is 0 Å². The molecule has 0 aliphatic heterocycles. The predicted molar refractivity (Wildman–Crippen MR) is 51.2 cm³/mol. The first-order chi connectivity index (χ1) is 6.33. The van der Waals surface area contributed by atoms with Gasteiger partial charge in [-0.05, 0) is 19.5 Å². The number of nitrogens with two attached hydrogens (primary N) is 1. The van der Waals surface area contributed by atoms with Gasteiger partial charge in [0.1, 0.15) is 6.33 Å². The van der Waals surface area contributed by atoms with E-state index in [9.17, 15) is 0 Å². The summed E-state index contributed by atoms with van der Waals surface area (Å²) in [6.45, 7) is 2.64. The largest absolute Gasteiger partial charge is 0.330 e. The molecular weight excluding hydrogens is 166 g/mol. The van der Waals surface area contributed by atoms with Crippen LogP contribution in [0, 0.1) is 0 Å². The van der Waals surface area contributed by atoms with E-state index in [1.807, 2.05) is 7.05 Å². The van der Waals surface area contributed by atoms with Crippen molar-refractivity contribution in [1.82, 2.24) is 20.1 Å². The average Bonchev–Trinajstić information content (AvgIpc) is 2.51. The normalized spacial score (nSPS) is 10.6. The van der Waals surface area contributed by atoms with E-state index in [0.29, 0.717) is 0 Å². The summed E-state index contributed by atoms with van der Waals surface area (Å²) < 4.78 is 1.72. The first-order valence-corrected chi connectivity index (χ1v) is 4.58. The summed E-state index contributed by atoms with van der Waals surface area (Å²) in [4.78, 5) is 4.12. The standard InChI is InChI=1S/C8H17N5/c1-13-7-11-8(12-13)3-6-10-5-2-4-9/h7,10H,2-6,9H2,1H3. The van der Waals surface area contributed by atoms with Crippen LogP contribution in [0.15, 0.2) is 6.33 Å². The van der Waals surface area contributed by atoms with Crippen LogP contribution in [0.1, 0.15) is 12.2 Å². The molecule has 5 nitrogen and oxygen atoms in total.